The van der Waals surface area contributed by atoms with Gasteiger partial charge in [0.05, 0.1) is 14.2 Å². The van der Waals surface area contributed by atoms with Crippen LogP contribution in [0, 0.1) is 5.41 Å². The van der Waals surface area contributed by atoms with Gasteiger partial charge in [-0.25, -0.2) is 0 Å². The van der Waals surface area contributed by atoms with Crippen LogP contribution in [0.5, 0.6) is 0 Å². The van der Waals surface area contributed by atoms with Gasteiger partial charge in [0, 0.05) is 5.92 Å². The van der Waals surface area contributed by atoms with Crippen molar-refractivity contribution < 1.29 is 19.1 Å². The molecule has 0 aromatic heterocycles. The number of hydrogen-bond acceptors (Lipinski definition) is 4. The van der Waals surface area contributed by atoms with Gasteiger partial charge in [0.25, 0.3) is 0 Å². The van der Waals surface area contributed by atoms with E-state index in [1.54, 1.807) is 6.92 Å². The molecule has 0 amide bonds. The molecule has 2 rings (SSSR count). The Labute approximate surface area is 148 Å². The Morgan fingerprint density at radius 1 is 0.880 bits per heavy atom. The highest BCUT2D eigenvalue weighted by Gasteiger charge is 2.50. The van der Waals surface area contributed by atoms with Gasteiger partial charge in [0.15, 0.2) is 5.41 Å². The molecule has 0 unspecified atom stereocenters. The molecule has 130 valence electrons. The van der Waals surface area contributed by atoms with Crippen LogP contribution in [-0.4, -0.2) is 26.2 Å². The van der Waals surface area contributed by atoms with Gasteiger partial charge in [0.2, 0.25) is 0 Å². The quantitative estimate of drug-likeness (QED) is 0.593. The molecular weight excluding hydrogens is 316 g/mol. The van der Waals surface area contributed by atoms with Crippen LogP contribution in [0.3, 0.4) is 0 Å². The predicted octanol–water partition coefficient (Wildman–Crippen LogP) is 3.84. The zero-order chi connectivity index (χ0) is 18.3. The summed E-state index contributed by atoms with van der Waals surface area (Å²) in [6.07, 6.45) is 3.74. The molecule has 25 heavy (non-hydrogen) atoms. The van der Waals surface area contributed by atoms with Crippen LogP contribution in [-0.2, 0) is 19.1 Å². The molecule has 0 aliphatic carbocycles. The summed E-state index contributed by atoms with van der Waals surface area (Å²) < 4.78 is 9.84. The van der Waals surface area contributed by atoms with Gasteiger partial charge in [-0.3, -0.25) is 9.59 Å². The van der Waals surface area contributed by atoms with E-state index < -0.39 is 23.3 Å². The predicted molar refractivity (Wildman–Crippen MR) is 96.8 cm³/mol. The van der Waals surface area contributed by atoms with Crippen LogP contribution in [0.2, 0.25) is 0 Å². The van der Waals surface area contributed by atoms with E-state index in [1.165, 1.54) is 14.2 Å². The molecule has 0 radical (unpaired) electrons. The lowest BCUT2D eigenvalue weighted by atomic mass is 9.73. The van der Waals surface area contributed by atoms with Crippen LogP contribution in [0.25, 0.3) is 6.08 Å². The highest BCUT2D eigenvalue weighted by Crippen LogP contribution is 2.40. The van der Waals surface area contributed by atoms with Gasteiger partial charge in [-0.2, -0.15) is 0 Å². The molecule has 1 atom stereocenters. The first-order valence-electron chi connectivity index (χ1n) is 7.99. The van der Waals surface area contributed by atoms with Crippen molar-refractivity contribution in [3.8, 4) is 0 Å². The Morgan fingerprint density at radius 2 is 1.36 bits per heavy atom. The van der Waals surface area contributed by atoms with E-state index >= 15 is 0 Å². The number of esters is 2. The monoisotopic (exact) mass is 338 g/mol. The number of benzene rings is 2. The van der Waals surface area contributed by atoms with Crippen LogP contribution in [0.4, 0.5) is 0 Å². The molecule has 4 heteroatoms. The van der Waals surface area contributed by atoms with Gasteiger partial charge >= 0.3 is 11.9 Å². The van der Waals surface area contributed by atoms with Crippen molar-refractivity contribution in [3.05, 3.63) is 77.9 Å². The second kappa shape index (κ2) is 8.29. The van der Waals surface area contributed by atoms with Crippen LogP contribution in [0.15, 0.2) is 66.7 Å². The number of carbonyl (C=O) groups is 2. The zero-order valence-corrected chi connectivity index (χ0v) is 14.6. The van der Waals surface area contributed by atoms with E-state index in [1.807, 2.05) is 72.8 Å². The third kappa shape index (κ3) is 3.97. The fourth-order valence-corrected chi connectivity index (χ4v) is 2.83. The van der Waals surface area contributed by atoms with Gasteiger partial charge in [-0.05, 0) is 18.1 Å². The van der Waals surface area contributed by atoms with E-state index in [2.05, 4.69) is 0 Å². The van der Waals surface area contributed by atoms with Crippen molar-refractivity contribution in [2.24, 2.45) is 5.41 Å². The Hall–Kier alpha value is -2.88. The topological polar surface area (TPSA) is 52.6 Å². The molecule has 4 nitrogen and oxygen atoms in total. The van der Waals surface area contributed by atoms with E-state index in [4.69, 9.17) is 9.47 Å². The molecule has 0 spiro atoms. The highest BCUT2D eigenvalue weighted by molar-refractivity contribution is 6.01. The summed E-state index contributed by atoms with van der Waals surface area (Å²) in [5, 5.41) is 0. The fourth-order valence-electron chi connectivity index (χ4n) is 2.83. The van der Waals surface area contributed by atoms with Crippen LogP contribution >= 0.6 is 0 Å². The van der Waals surface area contributed by atoms with Gasteiger partial charge < -0.3 is 9.47 Å². The fraction of sp³-hybridized carbons (Fsp3) is 0.238. The molecule has 2 aromatic carbocycles. The van der Waals surface area contributed by atoms with Gasteiger partial charge in [0.1, 0.15) is 0 Å². The summed E-state index contributed by atoms with van der Waals surface area (Å²) >= 11 is 0. The zero-order valence-electron chi connectivity index (χ0n) is 14.6. The highest BCUT2D eigenvalue weighted by atomic mass is 16.5. The summed E-state index contributed by atoms with van der Waals surface area (Å²) in [6.45, 7) is 1.55. The van der Waals surface area contributed by atoms with Crippen molar-refractivity contribution >= 4 is 18.0 Å². The number of hydrogen-bond donors (Lipinski definition) is 0. The summed E-state index contributed by atoms with van der Waals surface area (Å²) in [6, 6.07) is 19.1. The lowest BCUT2D eigenvalue weighted by Gasteiger charge is -2.31. The average Bonchev–Trinajstić information content (AvgIpc) is 2.68. The van der Waals surface area contributed by atoms with E-state index in [0.717, 1.165) is 11.1 Å². The molecule has 0 saturated carbocycles. The first-order chi connectivity index (χ1) is 12.0. The number of methoxy groups -OCH3 is 2. The van der Waals surface area contributed by atoms with Crippen molar-refractivity contribution in [3.63, 3.8) is 0 Å². The van der Waals surface area contributed by atoms with E-state index in [-0.39, 0.29) is 0 Å². The van der Waals surface area contributed by atoms with Gasteiger partial charge in [-0.1, -0.05) is 72.8 Å². The Bertz CT molecular complexity index is 719. The Kier molecular flexibility index (Phi) is 6.12. The lowest BCUT2D eigenvalue weighted by Crippen LogP contribution is -2.43. The normalized spacial score (nSPS) is 12.6. The van der Waals surface area contributed by atoms with Crippen molar-refractivity contribution in [2.45, 2.75) is 12.8 Å². The number of carbonyl (C=O) groups excluding carboxylic acids is 2. The van der Waals surface area contributed by atoms with Crippen molar-refractivity contribution in [1.82, 2.24) is 0 Å². The standard InChI is InChI=1S/C21H22O4/c1-21(19(22)24-2,20(23)25-3)18(17-12-8-5-9-13-17)15-14-16-10-6-4-7-11-16/h4-15,18H,1-3H3/b15-14+/t18-/m0/s1. The van der Waals surface area contributed by atoms with Crippen LogP contribution < -0.4 is 0 Å². The number of allylic oxidation sites excluding steroid dienone is 1. The average molecular weight is 338 g/mol. The molecule has 0 bridgehead atoms. The molecule has 0 aliphatic heterocycles. The summed E-state index contributed by atoms with van der Waals surface area (Å²) in [5.41, 5.74) is 0.310. The molecular formula is C21H22O4. The maximum absolute atomic E-state index is 12.5. The summed E-state index contributed by atoms with van der Waals surface area (Å²) in [7, 11) is 2.54. The minimum absolute atomic E-state index is 0.534. The lowest BCUT2D eigenvalue weighted by molar-refractivity contribution is -0.168. The molecule has 0 fully saturated rings. The summed E-state index contributed by atoms with van der Waals surface area (Å²) in [4.78, 5) is 25.0. The first-order valence-corrected chi connectivity index (χ1v) is 7.99. The molecule has 0 N–H and O–H groups in total. The maximum Gasteiger partial charge on any atom is 0.323 e. The van der Waals surface area contributed by atoms with E-state index in [9.17, 15) is 9.59 Å². The van der Waals surface area contributed by atoms with Crippen molar-refractivity contribution in [1.29, 1.82) is 0 Å². The minimum atomic E-state index is -1.49. The van der Waals surface area contributed by atoms with Gasteiger partial charge in [-0.15, -0.1) is 0 Å². The Balaban J connectivity index is 2.55. The Morgan fingerprint density at radius 3 is 1.84 bits per heavy atom. The maximum atomic E-state index is 12.5. The number of ether oxygens (including phenoxy) is 2. The summed E-state index contributed by atoms with van der Waals surface area (Å²) in [5.74, 6) is -1.80. The molecule has 2 aromatic rings. The smallest absolute Gasteiger partial charge is 0.323 e. The van der Waals surface area contributed by atoms with Crippen LogP contribution in [0.1, 0.15) is 24.0 Å². The second-order valence-electron chi connectivity index (χ2n) is 5.84. The largest absolute Gasteiger partial charge is 0.468 e. The molecule has 0 aliphatic rings. The second-order valence-corrected chi connectivity index (χ2v) is 5.84. The van der Waals surface area contributed by atoms with E-state index in [0.29, 0.717) is 0 Å². The number of rotatable bonds is 6. The van der Waals surface area contributed by atoms with Crippen molar-refractivity contribution in [2.75, 3.05) is 14.2 Å². The molecule has 0 saturated heterocycles. The first kappa shape index (κ1) is 18.5. The minimum Gasteiger partial charge on any atom is -0.468 e. The third-order valence-electron chi connectivity index (χ3n) is 4.28. The molecule has 0 heterocycles. The SMILES string of the molecule is COC(=O)C(C)(C(=O)OC)[C@@H](/C=C/c1ccccc1)c1ccccc1. The third-order valence-corrected chi connectivity index (χ3v) is 4.28.